The number of thiophene rings is 1. The monoisotopic (exact) mass is 605 g/mol. The molecule has 6 nitrogen and oxygen atoms in total. The second-order valence-corrected chi connectivity index (χ2v) is 13.3. The molecule has 0 saturated carbocycles. The largest absolute Gasteiger partial charge is 0.495 e. The van der Waals surface area contributed by atoms with Crippen LogP contribution in [0.2, 0.25) is 0 Å². The third-order valence-electron chi connectivity index (χ3n) is 9.03. The molecule has 1 spiro atoms. The van der Waals surface area contributed by atoms with Crippen molar-refractivity contribution in [3.05, 3.63) is 70.9 Å². The van der Waals surface area contributed by atoms with Crippen molar-refractivity contribution in [2.45, 2.75) is 51.4 Å². The van der Waals surface area contributed by atoms with Crippen LogP contribution in [0.5, 0.6) is 5.75 Å². The number of hydrogen-bond acceptors (Lipinski definition) is 8. The molecule has 2 fully saturated rings. The van der Waals surface area contributed by atoms with Crippen LogP contribution in [0.3, 0.4) is 0 Å². The first-order chi connectivity index (χ1) is 20.6. The number of nitrogens with zero attached hydrogens (tertiary/aromatic N) is 4. The molecule has 0 amide bonds. The topological polar surface area (TPSA) is 43.3 Å². The van der Waals surface area contributed by atoms with E-state index in [1.807, 2.05) is 25.6 Å². The third-order valence-corrected chi connectivity index (χ3v) is 11.0. The lowest BCUT2D eigenvalue weighted by Crippen LogP contribution is -2.47. The summed E-state index contributed by atoms with van der Waals surface area (Å²) in [6.45, 7) is 9.97. The van der Waals surface area contributed by atoms with Gasteiger partial charge in [0.05, 0.1) is 12.8 Å². The number of nitrogens with one attached hydrogen (secondary N) is 1. The molecular formula is C34H47N5OS2. The quantitative estimate of drug-likeness (QED) is 0.256. The van der Waals surface area contributed by atoms with Gasteiger partial charge in [-0.05, 0) is 103 Å². The first kappa shape index (κ1) is 30.8. The van der Waals surface area contributed by atoms with Crippen LogP contribution in [0, 0.1) is 5.41 Å². The van der Waals surface area contributed by atoms with Gasteiger partial charge in [-0.3, -0.25) is 5.43 Å². The number of hydrogen-bond donors (Lipinski definition) is 1. The van der Waals surface area contributed by atoms with Gasteiger partial charge in [-0.25, -0.2) is 0 Å². The lowest BCUT2D eigenvalue weighted by molar-refractivity contribution is 0.0801. The number of ether oxygens (including phenoxy) is 1. The van der Waals surface area contributed by atoms with Crippen LogP contribution in [0.4, 0.5) is 5.69 Å². The molecular weight excluding hydrogens is 559 g/mol. The highest BCUT2D eigenvalue weighted by Gasteiger charge is 2.38. The van der Waals surface area contributed by atoms with Crippen molar-refractivity contribution in [2.75, 3.05) is 57.5 Å². The molecule has 8 heteroatoms. The molecule has 3 aromatic rings. The predicted octanol–water partition coefficient (Wildman–Crippen LogP) is 7.44. The Bertz CT molecular complexity index is 1260. The summed E-state index contributed by atoms with van der Waals surface area (Å²) in [4.78, 5) is 7.49. The summed E-state index contributed by atoms with van der Waals surface area (Å²) in [7, 11) is 3.92. The lowest BCUT2D eigenvalue weighted by Gasteiger charge is -2.47. The predicted molar refractivity (Wildman–Crippen MR) is 182 cm³/mol. The minimum Gasteiger partial charge on any atom is -0.495 e. The first-order valence-electron chi connectivity index (χ1n) is 15.6. The van der Waals surface area contributed by atoms with Gasteiger partial charge in [0.15, 0.2) is 11.3 Å². The van der Waals surface area contributed by atoms with Crippen molar-refractivity contribution < 1.29 is 4.74 Å². The number of hydrazone groups is 1. The average molecular weight is 606 g/mol. The molecule has 0 bridgehead atoms. The minimum absolute atomic E-state index is 0.199. The van der Waals surface area contributed by atoms with Crippen LogP contribution in [0.25, 0.3) is 11.1 Å². The standard InChI is InChI=1S/C32H41N5OS2.C2H6/c1-35-30(26-10-8-25(9-11-26)27-12-23-39-24-27)33-34-31(35)40-22-5-17-36-18-13-32(14-19-36)15-20-37(21-16-32)28-6-3-4-7-29(28)38-2;1-2/h3-4,6-12,23-24,31,34H,5,13-22H2,1-2H3;1-2H3. The highest BCUT2D eigenvalue weighted by molar-refractivity contribution is 7.99. The zero-order valence-electron chi connectivity index (χ0n) is 25.7. The van der Waals surface area contributed by atoms with Gasteiger partial charge in [-0.1, -0.05) is 50.2 Å². The van der Waals surface area contributed by atoms with Gasteiger partial charge >= 0.3 is 0 Å². The van der Waals surface area contributed by atoms with Gasteiger partial charge < -0.3 is 19.4 Å². The fourth-order valence-electron chi connectivity index (χ4n) is 6.40. The Morgan fingerprint density at radius 2 is 1.62 bits per heavy atom. The summed E-state index contributed by atoms with van der Waals surface area (Å²) >= 11 is 3.70. The van der Waals surface area contributed by atoms with E-state index >= 15 is 0 Å². The summed E-state index contributed by atoms with van der Waals surface area (Å²) in [5, 5.41) is 8.98. The summed E-state index contributed by atoms with van der Waals surface area (Å²) in [5.41, 5.74) is 9.04. The number of anilines is 1. The van der Waals surface area contributed by atoms with Gasteiger partial charge in [0.2, 0.25) is 0 Å². The Balaban J connectivity index is 0.00000173. The molecule has 0 aliphatic carbocycles. The molecule has 1 unspecified atom stereocenters. The van der Waals surface area contributed by atoms with Crippen LogP contribution < -0.4 is 15.1 Å². The van der Waals surface area contributed by atoms with E-state index in [9.17, 15) is 0 Å². The second-order valence-electron chi connectivity index (χ2n) is 11.3. The van der Waals surface area contributed by atoms with E-state index in [2.05, 4.69) is 97.6 Å². The summed E-state index contributed by atoms with van der Waals surface area (Å²) in [5.74, 6) is 3.15. The maximum Gasteiger partial charge on any atom is 0.164 e. The number of rotatable bonds is 9. The number of likely N-dealkylation sites (tertiary alicyclic amines) is 1. The number of methoxy groups -OCH3 is 1. The Labute approximate surface area is 261 Å². The molecule has 42 heavy (non-hydrogen) atoms. The van der Waals surface area contributed by atoms with Crippen LogP contribution in [0.1, 0.15) is 51.5 Å². The van der Waals surface area contributed by atoms with E-state index in [-0.39, 0.29) is 5.50 Å². The van der Waals surface area contributed by atoms with Crippen molar-refractivity contribution >= 4 is 34.6 Å². The highest BCUT2D eigenvalue weighted by Crippen LogP contribution is 2.43. The van der Waals surface area contributed by atoms with E-state index in [0.717, 1.165) is 36.0 Å². The number of piperidine rings is 2. The Hall–Kier alpha value is -2.68. The smallest absolute Gasteiger partial charge is 0.164 e. The minimum atomic E-state index is 0.199. The van der Waals surface area contributed by atoms with Crippen LogP contribution >= 0.6 is 23.1 Å². The van der Waals surface area contributed by atoms with E-state index in [4.69, 9.17) is 4.74 Å². The fraction of sp³-hybridized carbons (Fsp3) is 0.500. The lowest BCUT2D eigenvalue weighted by atomic mass is 9.71. The number of amidine groups is 1. The van der Waals surface area contributed by atoms with Gasteiger partial charge in [-0.2, -0.15) is 16.4 Å². The molecule has 3 aliphatic heterocycles. The Morgan fingerprint density at radius 3 is 2.31 bits per heavy atom. The van der Waals surface area contributed by atoms with Crippen molar-refractivity contribution in [2.24, 2.45) is 10.5 Å². The molecule has 1 atom stereocenters. The molecule has 0 radical (unpaired) electrons. The summed E-state index contributed by atoms with van der Waals surface area (Å²) in [6.07, 6.45) is 6.50. The van der Waals surface area contributed by atoms with Gasteiger partial charge in [0.1, 0.15) is 5.75 Å². The Morgan fingerprint density at radius 1 is 0.929 bits per heavy atom. The molecule has 4 heterocycles. The molecule has 1 N–H and O–H groups in total. The molecule has 2 saturated heterocycles. The van der Waals surface area contributed by atoms with Crippen molar-refractivity contribution in [1.82, 2.24) is 15.2 Å². The van der Waals surface area contributed by atoms with E-state index in [1.165, 1.54) is 68.6 Å². The van der Waals surface area contributed by atoms with Crippen molar-refractivity contribution in [3.63, 3.8) is 0 Å². The van der Waals surface area contributed by atoms with Gasteiger partial charge in [0.25, 0.3) is 0 Å². The zero-order valence-corrected chi connectivity index (χ0v) is 27.4. The van der Waals surface area contributed by atoms with Crippen molar-refractivity contribution in [1.29, 1.82) is 0 Å². The molecule has 226 valence electrons. The van der Waals surface area contributed by atoms with Gasteiger partial charge in [0, 0.05) is 25.7 Å². The highest BCUT2D eigenvalue weighted by atomic mass is 32.2. The average Bonchev–Trinajstić information content (AvgIpc) is 3.72. The molecule has 2 aromatic carbocycles. The second kappa shape index (κ2) is 14.7. The summed E-state index contributed by atoms with van der Waals surface area (Å²) < 4.78 is 5.61. The number of thioether (sulfide) groups is 1. The van der Waals surface area contributed by atoms with Crippen LogP contribution in [0.15, 0.2) is 70.5 Å². The van der Waals surface area contributed by atoms with Crippen molar-refractivity contribution in [3.8, 4) is 16.9 Å². The number of benzene rings is 2. The van der Waals surface area contributed by atoms with Crippen LogP contribution in [-0.4, -0.2) is 73.8 Å². The summed E-state index contributed by atoms with van der Waals surface area (Å²) in [6, 6.07) is 19.4. The van der Waals surface area contributed by atoms with E-state index < -0.39 is 0 Å². The fourth-order valence-corrected chi connectivity index (χ4v) is 8.03. The number of para-hydroxylation sites is 2. The first-order valence-corrected chi connectivity index (χ1v) is 17.5. The maximum atomic E-state index is 5.61. The third kappa shape index (κ3) is 7.09. The molecule has 6 rings (SSSR count). The maximum absolute atomic E-state index is 5.61. The van der Waals surface area contributed by atoms with Gasteiger partial charge in [-0.15, -0.1) is 11.8 Å². The SMILES string of the molecule is CC.COc1ccccc1N1CCC2(CCN(CCCSC3NN=C(c4ccc(-c5ccsc5)cc4)N3C)CC2)CC1. The molecule has 3 aliphatic rings. The zero-order chi connectivity index (χ0) is 29.4. The van der Waals surface area contributed by atoms with E-state index in [0.29, 0.717) is 5.41 Å². The Kier molecular flexibility index (Phi) is 10.7. The van der Waals surface area contributed by atoms with Crippen LogP contribution in [-0.2, 0) is 0 Å². The van der Waals surface area contributed by atoms with E-state index in [1.54, 1.807) is 18.4 Å². The molecule has 1 aromatic heterocycles. The normalized spacial score (nSPS) is 20.1.